The van der Waals surface area contributed by atoms with Crippen molar-refractivity contribution in [3.8, 4) is 0 Å². The van der Waals surface area contributed by atoms with Crippen LogP contribution in [0.3, 0.4) is 0 Å². The van der Waals surface area contributed by atoms with E-state index in [0.29, 0.717) is 35.7 Å². The van der Waals surface area contributed by atoms with Crippen LogP contribution in [0.1, 0.15) is 59.6 Å². The Hall–Kier alpha value is -2.18. The Morgan fingerprint density at radius 2 is 2.17 bits per heavy atom. The molecule has 7 heteroatoms. The molecule has 0 bridgehead atoms. The fourth-order valence-electron chi connectivity index (χ4n) is 3.15. The topological polar surface area (TPSA) is 85.3 Å². The fraction of sp³-hybridized carbons (Fsp3) is 0.625. The van der Waals surface area contributed by atoms with E-state index in [2.05, 4.69) is 15.3 Å². The highest BCUT2D eigenvalue weighted by Crippen LogP contribution is 2.38. The van der Waals surface area contributed by atoms with Crippen molar-refractivity contribution >= 4 is 5.91 Å². The van der Waals surface area contributed by atoms with Crippen molar-refractivity contribution < 1.29 is 13.8 Å². The van der Waals surface area contributed by atoms with E-state index >= 15 is 0 Å². The summed E-state index contributed by atoms with van der Waals surface area (Å²) < 4.78 is 10.4. The first kappa shape index (κ1) is 14.4. The normalized spacial score (nSPS) is 21.6. The van der Waals surface area contributed by atoms with Gasteiger partial charge in [0, 0.05) is 31.5 Å². The number of carbonyl (C=O) groups is 1. The quantitative estimate of drug-likeness (QED) is 0.860. The molecule has 0 N–H and O–H groups in total. The maximum atomic E-state index is 12.5. The van der Waals surface area contributed by atoms with E-state index in [1.807, 2.05) is 4.90 Å². The average molecular weight is 316 g/mol. The Kier molecular flexibility index (Phi) is 3.63. The van der Waals surface area contributed by atoms with Crippen molar-refractivity contribution in [3.63, 3.8) is 0 Å². The molecular formula is C16H20N4O3. The van der Waals surface area contributed by atoms with Gasteiger partial charge in [0.2, 0.25) is 5.89 Å². The Morgan fingerprint density at radius 1 is 1.30 bits per heavy atom. The SMILES string of the molecule is Cc1cc(C(=O)N2CCCC(Cc3nc(C4CC4)no3)C2)no1. The summed E-state index contributed by atoms with van der Waals surface area (Å²) in [5, 5.41) is 7.88. The first-order valence-electron chi connectivity index (χ1n) is 8.24. The Morgan fingerprint density at radius 3 is 2.91 bits per heavy atom. The van der Waals surface area contributed by atoms with E-state index in [4.69, 9.17) is 9.05 Å². The zero-order valence-corrected chi connectivity index (χ0v) is 13.2. The van der Waals surface area contributed by atoms with E-state index in [1.165, 1.54) is 12.8 Å². The minimum atomic E-state index is -0.0595. The standard InChI is InChI=1S/C16H20N4O3/c1-10-7-13(18-22-10)16(21)20-6-2-3-11(9-20)8-14-17-15(19-23-14)12-4-5-12/h7,11-12H,2-6,8-9H2,1H3. The Balaban J connectivity index is 1.39. The Bertz CT molecular complexity index is 704. The smallest absolute Gasteiger partial charge is 0.276 e. The van der Waals surface area contributed by atoms with Gasteiger partial charge in [-0.3, -0.25) is 4.79 Å². The molecule has 1 aliphatic heterocycles. The first-order chi connectivity index (χ1) is 11.2. The third-order valence-electron chi connectivity index (χ3n) is 4.54. The van der Waals surface area contributed by atoms with Crippen molar-refractivity contribution in [2.45, 2.75) is 44.9 Å². The predicted octanol–water partition coefficient (Wildman–Crippen LogP) is 2.34. The van der Waals surface area contributed by atoms with Crippen molar-refractivity contribution in [2.24, 2.45) is 5.92 Å². The molecule has 3 heterocycles. The van der Waals surface area contributed by atoms with Crippen LogP contribution in [0.2, 0.25) is 0 Å². The molecule has 1 aliphatic carbocycles. The van der Waals surface area contributed by atoms with Gasteiger partial charge in [-0.2, -0.15) is 4.98 Å². The van der Waals surface area contributed by atoms with Crippen LogP contribution < -0.4 is 0 Å². The zero-order chi connectivity index (χ0) is 15.8. The van der Waals surface area contributed by atoms with Crippen LogP contribution >= 0.6 is 0 Å². The monoisotopic (exact) mass is 316 g/mol. The highest BCUT2D eigenvalue weighted by Gasteiger charge is 2.30. The largest absolute Gasteiger partial charge is 0.361 e. The predicted molar refractivity (Wildman–Crippen MR) is 79.8 cm³/mol. The average Bonchev–Trinajstić information content (AvgIpc) is 3.16. The van der Waals surface area contributed by atoms with Crippen LogP contribution in [-0.2, 0) is 6.42 Å². The van der Waals surface area contributed by atoms with Gasteiger partial charge in [-0.15, -0.1) is 0 Å². The van der Waals surface area contributed by atoms with Gasteiger partial charge in [-0.1, -0.05) is 10.3 Å². The Labute approximate surface area is 134 Å². The molecule has 4 rings (SSSR count). The molecule has 2 fully saturated rings. The molecule has 2 aliphatic rings. The number of hydrogen-bond donors (Lipinski definition) is 0. The van der Waals surface area contributed by atoms with Gasteiger partial charge in [-0.05, 0) is 38.5 Å². The molecule has 0 spiro atoms. The second-order valence-corrected chi connectivity index (χ2v) is 6.61. The van der Waals surface area contributed by atoms with Crippen LogP contribution in [0, 0.1) is 12.8 Å². The maximum Gasteiger partial charge on any atom is 0.276 e. The number of aryl methyl sites for hydroxylation is 1. The molecule has 7 nitrogen and oxygen atoms in total. The van der Waals surface area contributed by atoms with Gasteiger partial charge in [0.25, 0.3) is 5.91 Å². The highest BCUT2D eigenvalue weighted by molar-refractivity contribution is 5.92. The van der Waals surface area contributed by atoms with Crippen LogP contribution in [0.5, 0.6) is 0 Å². The number of amides is 1. The molecule has 0 radical (unpaired) electrons. The summed E-state index contributed by atoms with van der Waals surface area (Å²) in [6, 6.07) is 1.69. The summed E-state index contributed by atoms with van der Waals surface area (Å²) in [4.78, 5) is 18.8. The van der Waals surface area contributed by atoms with Crippen LogP contribution in [0.4, 0.5) is 0 Å². The molecule has 1 atom stereocenters. The van der Waals surface area contributed by atoms with E-state index in [9.17, 15) is 4.79 Å². The molecule has 2 aromatic rings. The number of nitrogens with zero attached hydrogens (tertiary/aromatic N) is 4. The minimum Gasteiger partial charge on any atom is -0.361 e. The first-order valence-corrected chi connectivity index (χ1v) is 8.24. The lowest BCUT2D eigenvalue weighted by Gasteiger charge is -2.31. The molecule has 2 aromatic heterocycles. The van der Waals surface area contributed by atoms with Gasteiger partial charge in [0.1, 0.15) is 5.76 Å². The van der Waals surface area contributed by atoms with Crippen molar-refractivity contribution in [3.05, 3.63) is 29.2 Å². The van der Waals surface area contributed by atoms with Gasteiger partial charge >= 0.3 is 0 Å². The lowest BCUT2D eigenvalue weighted by molar-refractivity contribution is 0.0657. The number of piperidine rings is 1. The van der Waals surface area contributed by atoms with Gasteiger partial charge < -0.3 is 13.9 Å². The second-order valence-electron chi connectivity index (χ2n) is 6.61. The third kappa shape index (κ3) is 3.13. The van der Waals surface area contributed by atoms with E-state index < -0.39 is 0 Å². The van der Waals surface area contributed by atoms with E-state index in [0.717, 1.165) is 31.6 Å². The minimum absolute atomic E-state index is 0.0595. The molecule has 0 aromatic carbocycles. The fourth-order valence-corrected chi connectivity index (χ4v) is 3.15. The van der Waals surface area contributed by atoms with Gasteiger partial charge in [0.15, 0.2) is 11.5 Å². The van der Waals surface area contributed by atoms with Crippen molar-refractivity contribution in [1.29, 1.82) is 0 Å². The molecular weight excluding hydrogens is 296 g/mol. The number of rotatable bonds is 4. The number of hydrogen-bond acceptors (Lipinski definition) is 6. The van der Waals surface area contributed by atoms with Crippen molar-refractivity contribution in [2.75, 3.05) is 13.1 Å². The maximum absolute atomic E-state index is 12.5. The van der Waals surface area contributed by atoms with Crippen LogP contribution in [-0.4, -0.2) is 39.2 Å². The third-order valence-corrected chi connectivity index (χ3v) is 4.54. The van der Waals surface area contributed by atoms with Crippen LogP contribution in [0.25, 0.3) is 0 Å². The highest BCUT2D eigenvalue weighted by atomic mass is 16.5. The molecule has 23 heavy (non-hydrogen) atoms. The summed E-state index contributed by atoms with van der Waals surface area (Å²) >= 11 is 0. The summed E-state index contributed by atoms with van der Waals surface area (Å²) in [7, 11) is 0. The number of carbonyl (C=O) groups excluding carboxylic acids is 1. The van der Waals surface area contributed by atoms with Gasteiger partial charge in [0.05, 0.1) is 0 Å². The molecule has 1 saturated heterocycles. The van der Waals surface area contributed by atoms with Gasteiger partial charge in [-0.25, -0.2) is 0 Å². The molecule has 1 amide bonds. The summed E-state index contributed by atoms with van der Waals surface area (Å²) in [6.07, 6.45) is 5.13. The molecule has 1 saturated carbocycles. The summed E-state index contributed by atoms with van der Waals surface area (Å²) in [6.45, 7) is 3.25. The lowest BCUT2D eigenvalue weighted by atomic mass is 9.94. The van der Waals surface area contributed by atoms with E-state index in [-0.39, 0.29) is 5.91 Å². The molecule has 122 valence electrons. The number of aromatic nitrogens is 3. The summed E-state index contributed by atoms with van der Waals surface area (Å²) in [5.41, 5.74) is 0.386. The van der Waals surface area contributed by atoms with Crippen molar-refractivity contribution in [1.82, 2.24) is 20.2 Å². The van der Waals surface area contributed by atoms with E-state index in [1.54, 1.807) is 13.0 Å². The zero-order valence-electron chi connectivity index (χ0n) is 13.2. The number of likely N-dealkylation sites (tertiary alicyclic amines) is 1. The molecule has 1 unspecified atom stereocenters. The summed E-state index contributed by atoms with van der Waals surface area (Å²) in [5.74, 6) is 3.00. The second kappa shape index (κ2) is 5.79. The lowest BCUT2D eigenvalue weighted by Crippen LogP contribution is -2.40. The van der Waals surface area contributed by atoms with Crippen LogP contribution in [0.15, 0.2) is 15.1 Å².